The van der Waals surface area contributed by atoms with Gasteiger partial charge in [0.2, 0.25) is 11.8 Å². The van der Waals surface area contributed by atoms with Gasteiger partial charge in [0, 0.05) is 31.6 Å². The minimum absolute atomic E-state index is 0.00606. The molecule has 5 heteroatoms. The second-order valence-electron chi connectivity index (χ2n) is 6.08. The maximum Gasteiger partial charge on any atom is 0.224 e. The van der Waals surface area contributed by atoms with E-state index >= 15 is 0 Å². The van der Waals surface area contributed by atoms with Crippen LogP contribution in [0.5, 0.6) is 0 Å². The second-order valence-corrected chi connectivity index (χ2v) is 6.52. The molecule has 0 fully saturated rings. The second kappa shape index (κ2) is 9.23. The van der Waals surface area contributed by atoms with Crippen molar-refractivity contribution in [3.8, 4) is 0 Å². The average Bonchev–Trinajstić information content (AvgIpc) is 2.56. The van der Waals surface area contributed by atoms with E-state index < -0.39 is 0 Å². The summed E-state index contributed by atoms with van der Waals surface area (Å²) in [6.07, 6.45) is 0.301. The SMILES string of the molecule is CC(=O)N(CCNC(=O)Cc1ccc(Cl)cc1)Cc1cccc(C)c1. The number of halogens is 1. The smallest absolute Gasteiger partial charge is 0.224 e. The molecule has 2 amide bonds. The minimum Gasteiger partial charge on any atom is -0.354 e. The molecule has 0 aliphatic heterocycles. The molecule has 0 aromatic heterocycles. The molecule has 4 nitrogen and oxygen atoms in total. The van der Waals surface area contributed by atoms with Crippen LogP contribution in [-0.4, -0.2) is 29.8 Å². The number of rotatable bonds is 7. The number of carbonyl (C=O) groups excluding carboxylic acids is 2. The molecular weight excluding hydrogens is 336 g/mol. The van der Waals surface area contributed by atoms with Gasteiger partial charge in [-0.05, 0) is 30.2 Å². The summed E-state index contributed by atoms with van der Waals surface area (Å²) in [7, 11) is 0. The Hall–Kier alpha value is -2.33. The van der Waals surface area contributed by atoms with Crippen molar-refractivity contribution in [3.63, 3.8) is 0 Å². The summed E-state index contributed by atoms with van der Waals surface area (Å²) in [5.41, 5.74) is 3.16. The van der Waals surface area contributed by atoms with Gasteiger partial charge in [0.05, 0.1) is 6.42 Å². The Kier molecular flexibility index (Phi) is 7.02. The molecule has 0 bridgehead atoms. The Morgan fingerprint density at radius 3 is 2.44 bits per heavy atom. The van der Waals surface area contributed by atoms with Crippen molar-refractivity contribution in [2.24, 2.45) is 0 Å². The van der Waals surface area contributed by atoms with Crippen LogP contribution in [0.3, 0.4) is 0 Å². The van der Waals surface area contributed by atoms with Crippen LogP contribution in [0.15, 0.2) is 48.5 Å². The van der Waals surface area contributed by atoms with E-state index in [4.69, 9.17) is 11.6 Å². The molecule has 0 heterocycles. The number of hydrogen-bond acceptors (Lipinski definition) is 2. The lowest BCUT2D eigenvalue weighted by Gasteiger charge is -2.21. The predicted octanol–water partition coefficient (Wildman–Crippen LogP) is 3.36. The van der Waals surface area contributed by atoms with Crippen LogP contribution in [-0.2, 0) is 22.6 Å². The first-order valence-corrected chi connectivity index (χ1v) is 8.64. The fourth-order valence-corrected chi connectivity index (χ4v) is 2.69. The van der Waals surface area contributed by atoms with Crippen LogP contribution >= 0.6 is 11.6 Å². The molecule has 132 valence electrons. The van der Waals surface area contributed by atoms with Gasteiger partial charge in [-0.1, -0.05) is 53.6 Å². The number of nitrogens with zero attached hydrogens (tertiary/aromatic N) is 1. The molecule has 0 radical (unpaired) electrons. The monoisotopic (exact) mass is 358 g/mol. The van der Waals surface area contributed by atoms with Crippen LogP contribution in [0, 0.1) is 6.92 Å². The Balaban J connectivity index is 1.81. The van der Waals surface area contributed by atoms with Crippen molar-refractivity contribution >= 4 is 23.4 Å². The fourth-order valence-electron chi connectivity index (χ4n) is 2.56. The zero-order chi connectivity index (χ0) is 18.2. The van der Waals surface area contributed by atoms with Crippen LogP contribution < -0.4 is 5.32 Å². The van der Waals surface area contributed by atoms with Gasteiger partial charge in [-0.15, -0.1) is 0 Å². The summed E-state index contributed by atoms with van der Waals surface area (Å²) in [5, 5.41) is 3.51. The lowest BCUT2D eigenvalue weighted by Crippen LogP contribution is -2.37. The molecule has 0 aliphatic carbocycles. The molecule has 2 rings (SSSR count). The van der Waals surface area contributed by atoms with E-state index in [-0.39, 0.29) is 11.8 Å². The van der Waals surface area contributed by atoms with Crippen molar-refractivity contribution in [2.45, 2.75) is 26.8 Å². The Morgan fingerprint density at radius 1 is 1.08 bits per heavy atom. The molecule has 0 atom stereocenters. The van der Waals surface area contributed by atoms with E-state index in [9.17, 15) is 9.59 Å². The van der Waals surface area contributed by atoms with Gasteiger partial charge in [0.1, 0.15) is 0 Å². The first-order valence-electron chi connectivity index (χ1n) is 8.26. The van der Waals surface area contributed by atoms with Crippen molar-refractivity contribution in [3.05, 3.63) is 70.2 Å². The van der Waals surface area contributed by atoms with Gasteiger partial charge in [0.25, 0.3) is 0 Å². The molecular formula is C20H23ClN2O2. The normalized spacial score (nSPS) is 10.4. The van der Waals surface area contributed by atoms with Gasteiger partial charge in [-0.3, -0.25) is 9.59 Å². The molecule has 0 saturated carbocycles. The first kappa shape index (κ1) is 19.0. The summed E-state index contributed by atoms with van der Waals surface area (Å²) in [6.45, 7) is 5.03. The number of carbonyl (C=O) groups is 2. The summed E-state index contributed by atoms with van der Waals surface area (Å²) >= 11 is 5.83. The topological polar surface area (TPSA) is 49.4 Å². The molecule has 0 spiro atoms. The van der Waals surface area contributed by atoms with E-state index in [1.54, 1.807) is 24.0 Å². The largest absolute Gasteiger partial charge is 0.354 e. The van der Waals surface area contributed by atoms with Crippen LogP contribution in [0.25, 0.3) is 0 Å². The molecule has 0 saturated heterocycles. The minimum atomic E-state index is -0.0682. The zero-order valence-electron chi connectivity index (χ0n) is 14.6. The van der Waals surface area contributed by atoms with E-state index in [1.807, 2.05) is 37.3 Å². The van der Waals surface area contributed by atoms with Gasteiger partial charge >= 0.3 is 0 Å². The van der Waals surface area contributed by atoms with Crippen molar-refractivity contribution in [1.29, 1.82) is 0 Å². The van der Waals surface area contributed by atoms with Gasteiger partial charge in [-0.2, -0.15) is 0 Å². The summed E-state index contributed by atoms with van der Waals surface area (Å²) in [5.74, 6) is -0.0742. The molecule has 1 N–H and O–H groups in total. The summed E-state index contributed by atoms with van der Waals surface area (Å²) in [6, 6.07) is 15.3. The van der Waals surface area contributed by atoms with E-state index in [2.05, 4.69) is 11.4 Å². The third-order valence-electron chi connectivity index (χ3n) is 3.88. The highest BCUT2D eigenvalue weighted by molar-refractivity contribution is 6.30. The van der Waals surface area contributed by atoms with Crippen LogP contribution in [0.4, 0.5) is 0 Å². The van der Waals surface area contributed by atoms with Crippen LogP contribution in [0.1, 0.15) is 23.6 Å². The summed E-state index contributed by atoms with van der Waals surface area (Å²) < 4.78 is 0. The van der Waals surface area contributed by atoms with E-state index in [0.29, 0.717) is 31.1 Å². The van der Waals surface area contributed by atoms with Gasteiger partial charge < -0.3 is 10.2 Å². The lowest BCUT2D eigenvalue weighted by atomic mass is 10.1. The summed E-state index contributed by atoms with van der Waals surface area (Å²) in [4.78, 5) is 25.6. The average molecular weight is 359 g/mol. The number of nitrogens with one attached hydrogen (secondary N) is 1. The molecule has 2 aromatic rings. The first-order chi connectivity index (χ1) is 11.9. The highest BCUT2D eigenvalue weighted by Gasteiger charge is 2.10. The molecule has 0 aliphatic rings. The van der Waals surface area contributed by atoms with E-state index in [1.165, 1.54) is 0 Å². The third kappa shape index (κ3) is 6.59. The number of benzene rings is 2. The number of hydrogen-bond donors (Lipinski definition) is 1. The molecule has 2 aromatic carbocycles. The third-order valence-corrected chi connectivity index (χ3v) is 4.14. The van der Waals surface area contributed by atoms with Gasteiger partial charge in [-0.25, -0.2) is 0 Å². The maximum atomic E-state index is 12.0. The van der Waals surface area contributed by atoms with Crippen LogP contribution in [0.2, 0.25) is 5.02 Å². The Morgan fingerprint density at radius 2 is 1.80 bits per heavy atom. The fraction of sp³-hybridized carbons (Fsp3) is 0.300. The van der Waals surface area contributed by atoms with Crippen molar-refractivity contribution in [1.82, 2.24) is 10.2 Å². The highest BCUT2D eigenvalue weighted by atomic mass is 35.5. The quantitative estimate of drug-likeness (QED) is 0.825. The maximum absolute atomic E-state index is 12.0. The zero-order valence-corrected chi connectivity index (χ0v) is 15.3. The predicted molar refractivity (Wildman–Crippen MR) is 100 cm³/mol. The Labute approximate surface area is 153 Å². The lowest BCUT2D eigenvalue weighted by molar-refractivity contribution is -0.130. The molecule has 25 heavy (non-hydrogen) atoms. The van der Waals surface area contributed by atoms with Crippen molar-refractivity contribution in [2.75, 3.05) is 13.1 Å². The van der Waals surface area contributed by atoms with Crippen molar-refractivity contribution < 1.29 is 9.59 Å². The standard InChI is InChI=1S/C20H23ClN2O2/c1-15-4-3-5-18(12-15)14-23(16(2)24)11-10-22-20(25)13-17-6-8-19(21)9-7-17/h3-9,12H,10-11,13-14H2,1-2H3,(H,22,25). The van der Waals surface area contributed by atoms with Gasteiger partial charge in [0.15, 0.2) is 0 Å². The number of amides is 2. The Bertz CT molecular complexity index is 729. The molecule has 0 unspecified atom stereocenters. The highest BCUT2D eigenvalue weighted by Crippen LogP contribution is 2.10. The van der Waals surface area contributed by atoms with E-state index in [0.717, 1.165) is 16.7 Å². The number of aryl methyl sites for hydroxylation is 1.